The van der Waals surface area contributed by atoms with Gasteiger partial charge in [-0.15, -0.1) is 0 Å². The van der Waals surface area contributed by atoms with E-state index in [1.54, 1.807) is 19.1 Å². The van der Waals surface area contributed by atoms with Crippen molar-refractivity contribution in [2.45, 2.75) is 38.8 Å². The van der Waals surface area contributed by atoms with E-state index < -0.39 is 11.0 Å². The van der Waals surface area contributed by atoms with Gasteiger partial charge in [-0.2, -0.15) is 0 Å². The van der Waals surface area contributed by atoms with E-state index in [1.165, 1.54) is 6.07 Å². The third kappa shape index (κ3) is 3.51. The molecule has 0 fully saturated rings. The topological polar surface area (TPSA) is 89.4 Å². The molecule has 5 heteroatoms. The van der Waals surface area contributed by atoms with E-state index in [2.05, 4.69) is 0 Å². The molecule has 0 aliphatic carbocycles. The van der Waals surface area contributed by atoms with Gasteiger partial charge in [-0.1, -0.05) is 19.1 Å². The van der Waals surface area contributed by atoms with Crippen LogP contribution >= 0.6 is 0 Å². The van der Waals surface area contributed by atoms with E-state index in [9.17, 15) is 15.2 Å². The molecular weight excluding hydrogens is 220 g/mol. The summed E-state index contributed by atoms with van der Waals surface area (Å²) in [7, 11) is 0. The minimum Gasteiger partial charge on any atom is -0.388 e. The van der Waals surface area contributed by atoms with Crippen LogP contribution < -0.4 is 5.73 Å². The predicted octanol–water partition coefficient (Wildman–Crippen LogP) is 2.06. The smallest absolute Gasteiger partial charge is 0.272 e. The molecule has 0 aliphatic rings. The Morgan fingerprint density at radius 3 is 2.71 bits per heavy atom. The number of rotatable bonds is 5. The summed E-state index contributed by atoms with van der Waals surface area (Å²) < 4.78 is 0. The lowest BCUT2D eigenvalue weighted by Gasteiger charge is -2.15. The number of nitrogens with two attached hydrogens (primary N) is 1. The Kier molecular flexibility index (Phi) is 4.60. The molecular formula is C12H18N2O3. The van der Waals surface area contributed by atoms with Crippen molar-refractivity contribution in [2.24, 2.45) is 5.73 Å². The van der Waals surface area contributed by atoms with Crippen LogP contribution in [0.5, 0.6) is 0 Å². The van der Waals surface area contributed by atoms with Crippen LogP contribution in [0.25, 0.3) is 0 Å². The molecule has 0 bridgehead atoms. The Morgan fingerprint density at radius 2 is 2.18 bits per heavy atom. The molecule has 0 saturated carbocycles. The fraction of sp³-hybridized carbons (Fsp3) is 0.500. The van der Waals surface area contributed by atoms with Crippen molar-refractivity contribution in [2.75, 3.05) is 0 Å². The Morgan fingerprint density at radius 1 is 1.53 bits per heavy atom. The van der Waals surface area contributed by atoms with Gasteiger partial charge in [-0.25, -0.2) is 0 Å². The van der Waals surface area contributed by atoms with Crippen LogP contribution in [0, 0.1) is 17.0 Å². The number of nitro benzene ring substituents is 1. The van der Waals surface area contributed by atoms with Gasteiger partial charge in [0.1, 0.15) is 0 Å². The summed E-state index contributed by atoms with van der Waals surface area (Å²) in [6, 6.07) is 4.68. The van der Waals surface area contributed by atoms with Crippen LogP contribution in [0.1, 0.15) is 37.0 Å². The van der Waals surface area contributed by atoms with E-state index in [-0.39, 0.29) is 11.7 Å². The van der Waals surface area contributed by atoms with Gasteiger partial charge < -0.3 is 10.8 Å². The number of benzene rings is 1. The highest BCUT2D eigenvalue weighted by atomic mass is 16.6. The number of hydrogen-bond acceptors (Lipinski definition) is 4. The Labute approximate surface area is 100 Å². The van der Waals surface area contributed by atoms with Crippen molar-refractivity contribution in [3.63, 3.8) is 0 Å². The molecule has 1 aromatic carbocycles. The second-order valence-electron chi connectivity index (χ2n) is 4.22. The summed E-state index contributed by atoms with van der Waals surface area (Å²) in [4.78, 5) is 10.3. The molecule has 1 rings (SSSR count). The fourth-order valence-corrected chi connectivity index (χ4v) is 1.62. The monoisotopic (exact) mass is 238 g/mol. The molecule has 5 nitrogen and oxygen atoms in total. The number of aryl methyl sites for hydroxylation is 1. The number of nitro groups is 1. The zero-order valence-electron chi connectivity index (χ0n) is 10.1. The Hall–Kier alpha value is -1.46. The third-order valence-corrected chi connectivity index (χ3v) is 2.87. The lowest BCUT2D eigenvalue weighted by atomic mass is 9.99. The van der Waals surface area contributed by atoms with E-state index in [0.717, 1.165) is 6.42 Å². The molecule has 0 spiro atoms. The third-order valence-electron chi connectivity index (χ3n) is 2.87. The quantitative estimate of drug-likeness (QED) is 0.607. The maximum atomic E-state index is 10.8. The predicted molar refractivity (Wildman–Crippen MR) is 65.7 cm³/mol. The second-order valence-corrected chi connectivity index (χ2v) is 4.22. The van der Waals surface area contributed by atoms with Crippen LogP contribution in [-0.4, -0.2) is 16.1 Å². The Bertz CT molecular complexity index is 407. The standard InChI is InChI=1S/C12H18N2O3/c1-3-10(13)7-12(15)9-5-4-8(2)11(6-9)14(16)17/h4-6,10,12,15H,3,7,13H2,1-2H3. The fourth-order valence-electron chi connectivity index (χ4n) is 1.62. The molecule has 1 aromatic rings. The minimum absolute atomic E-state index is 0.0339. The Balaban J connectivity index is 2.91. The zero-order valence-corrected chi connectivity index (χ0v) is 10.1. The van der Waals surface area contributed by atoms with Crippen molar-refractivity contribution >= 4 is 5.69 Å². The molecule has 2 unspecified atom stereocenters. The summed E-state index contributed by atoms with van der Waals surface area (Å²) in [6.07, 6.45) is 0.436. The van der Waals surface area contributed by atoms with Gasteiger partial charge in [0.25, 0.3) is 5.69 Å². The van der Waals surface area contributed by atoms with Crippen LogP contribution in [0.4, 0.5) is 5.69 Å². The highest BCUT2D eigenvalue weighted by molar-refractivity contribution is 5.43. The SMILES string of the molecule is CCC(N)CC(O)c1ccc(C)c([N+](=O)[O-])c1. The first-order chi connectivity index (χ1) is 7.95. The first-order valence-corrected chi connectivity index (χ1v) is 5.64. The van der Waals surface area contributed by atoms with Gasteiger partial charge >= 0.3 is 0 Å². The van der Waals surface area contributed by atoms with Crippen molar-refractivity contribution in [3.8, 4) is 0 Å². The normalized spacial score (nSPS) is 14.4. The van der Waals surface area contributed by atoms with E-state index >= 15 is 0 Å². The molecule has 0 amide bonds. The van der Waals surface area contributed by atoms with E-state index in [1.807, 2.05) is 6.92 Å². The van der Waals surface area contributed by atoms with Crippen LogP contribution in [-0.2, 0) is 0 Å². The average molecular weight is 238 g/mol. The van der Waals surface area contributed by atoms with Gasteiger partial charge in [-0.3, -0.25) is 10.1 Å². The summed E-state index contributed by atoms with van der Waals surface area (Å²) >= 11 is 0. The highest BCUT2D eigenvalue weighted by Gasteiger charge is 2.16. The molecule has 2 atom stereocenters. The molecule has 0 saturated heterocycles. The zero-order chi connectivity index (χ0) is 13.0. The van der Waals surface area contributed by atoms with Crippen molar-refractivity contribution in [1.29, 1.82) is 0 Å². The average Bonchev–Trinajstić information content (AvgIpc) is 2.28. The van der Waals surface area contributed by atoms with Crippen LogP contribution in [0.2, 0.25) is 0 Å². The first kappa shape index (κ1) is 13.6. The molecule has 0 aliphatic heterocycles. The van der Waals surface area contributed by atoms with Crippen LogP contribution in [0.3, 0.4) is 0 Å². The number of aliphatic hydroxyl groups is 1. The first-order valence-electron chi connectivity index (χ1n) is 5.64. The van der Waals surface area contributed by atoms with Gasteiger partial charge in [0, 0.05) is 17.7 Å². The van der Waals surface area contributed by atoms with Crippen molar-refractivity contribution in [3.05, 3.63) is 39.4 Å². The largest absolute Gasteiger partial charge is 0.388 e. The summed E-state index contributed by atoms with van der Waals surface area (Å²) in [5.41, 5.74) is 6.92. The molecule has 0 aromatic heterocycles. The van der Waals surface area contributed by atoms with Crippen molar-refractivity contribution in [1.82, 2.24) is 0 Å². The van der Waals surface area contributed by atoms with Crippen LogP contribution in [0.15, 0.2) is 18.2 Å². The summed E-state index contributed by atoms with van der Waals surface area (Å²) in [6.45, 7) is 3.61. The maximum Gasteiger partial charge on any atom is 0.272 e. The highest BCUT2D eigenvalue weighted by Crippen LogP contribution is 2.25. The number of hydrogen-bond donors (Lipinski definition) is 2. The van der Waals surface area contributed by atoms with E-state index in [0.29, 0.717) is 17.5 Å². The lowest BCUT2D eigenvalue weighted by Crippen LogP contribution is -2.21. The van der Waals surface area contributed by atoms with Gasteiger partial charge in [0.15, 0.2) is 0 Å². The van der Waals surface area contributed by atoms with Gasteiger partial charge in [0.2, 0.25) is 0 Å². The van der Waals surface area contributed by atoms with Gasteiger partial charge in [-0.05, 0) is 25.3 Å². The number of aliphatic hydroxyl groups excluding tert-OH is 1. The number of nitrogens with zero attached hydrogens (tertiary/aromatic N) is 1. The van der Waals surface area contributed by atoms with E-state index in [4.69, 9.17) is 5.73 Å². The molecule has 0 heterocycles. The lowest BCUT2D eigenvalue weighted by molar-refractivity contribution is -0.385. The molecule has 3 N–H and O–H groups in total. The maximum absolute atomic E-state index is 10.8. The molecule has 0 radical (unpaired) electrons. The minimum atomic E-state index is -0.746. The summed E-state index contributed by atoms with van der Waals surface area (Å²) in [5.74, 6) is 0. The molecule has 94 valence electrons. The molecule has 17 heavy (non-hydrogen) atoms. The van der Waals surface area contributed by atoms with Crippen molar-refractivity contribution < 1.29 is 10.0 Å². The second kappa shape index (κ2) is 5.75. The van der Waals surface area contributed by atoms with Gasteiger partial charge in [0.05, 0.1) is 11.0 Å². The summed E-state index contributed by atoms with van der Waals surface area (Å²) in [5, 5.41) is 20.7.